The van der Waals surface area contributed by atoms with Crippen LogP contribution in [0.2, 0.25) is 0 Å². The third-order valence-corrected chi connectivity index (χ3v) is 2.79. The van der Waals surface area contributed by atoms with Gasteiger partial charge >= 0.3 is 5.91 Å². The Bertz CT molecular complexity index is 655. The molecule has 0 atom stereocenters. The van der Waals surface area contributed by atoms with E-state index in [0.717, 1.165) is 16.1 Å². The van der Waals surface area contributed by atoms with Crippen LogP contribution in [0.5, 0.6) is 0 Å². The van der Waals surface area contributed by atoms with Crippen molar-refractivity contribution in [3.63, 3.8) is 0 Å². The van der Waals surface area contributed by atoms with Gasteiger partial charge in [-0.3, -0.25) is 0 Å². The topological polar surface area (TPSA) is 86.9 Å². The number of amides is 1. The number of azide groups is 1. The highest BCUT2D eigenvalue weighted by molar-refractivity contribution is 5.90. The highest BCUT2D eigenvalue weighted by atomic mass is 16.2. The van der Waals surface area contributed by atoms with E-state index in [4.69, 9.17) is 5.53 Å². The summed E-state index contributed by atoms with van der Waals surface area (Å²) in [6.07, 6.45) is 1.64. The van der Waals surface area contributed by atoms with E-state index in [1.807, 2.05) is 37.3 Å². The van der Waals surface area contributed by atoms with Crippen molar-refractivity contribution >= 4 is 11.7 Å². The standard InChI is InChI=1S/C13H14N6O/c1-10-8-15-18(9-12-6-4-3-5-7-12)13(10)19(11(2)20)17-16-14/h3-8H,9H2,1-2H3. The Kier molecular flexibility index (Phi) is 4.02. The largest absolute Gasteiger partial charge is 0.316 e. The zero-order chi connectivity index (χ0) is 14.5. The highest BCUT2D eigenvalue weighted by Gasteiger charge is 2.23. The summed E-state index contributed by atoms with van der Waals surface area (Å²) in [5.74, 6) is 0.125. The molecule has 0 fully saturated rings. The molecule has 0 unspecified atom stereocenters. The van der Waals surface area contributed by atoms with Crippen molar-refractivity contribution in [2.24, 2.45) is 5.22 Å². The predicted octanol–water partition coefficient (Wildman–Crippen LogP) is 2.82. The molecule has 1 aromatic carbocycles. The number of aromatic nitrogens is 2. The van der Waals surface area contributed by atoms with Gasteiger partial charge in [-0.05, 0) is 17.7 Å². The van der Waals surface area contributed by atoms with E-state index in [1.54, 1.807) is 10.9 Å². The van der Waals surface area contributed by atoms with Crippen LogP contribution in [0.25, 0.3) is 10.4 Å². The Hall–Kier alpha value is -2.79. The summed E-state index contributed by atoms with van der Waals surface area (Å²) in [6, 6.07) is 9.72. The first-order valence-corrected chi connectivity index (χ1v) is 6.05. The highest BCUT2D eigenvalue weighted by Crippen LogP contribution is 2.21. The second-order valence-electron chi connectivity index (χ2n) is 4.30. The Morgan fingerprint density at radius 2 is 2.15 bits per heavy atom. The van der Waals surface area contributed by atoms with Crippen molar-refractivity contribution in [3.8, 4) is 0 Å². The van der Waals surface area contributed by atoms with Crippen molar-refractivity contribution in [2.45, 2.75) is 20.4 Å². The van der Waals surface area contributed by atoms with Gasteiger partial charge in [0.2, 0.25) is 5.82 Å². The summed E-state index contributed by atoms with van der Waals surface area (Å²) in [4.78, 5) is 14.3. The van der Waals surface area contributed by atoms with Gasteiger partial charge in [0.15, 0.2) is 0 Å². The first kappa shape index (κ1) is 13.6. The van der Waals surface area contributed by atoms with Gasteiger partial charge in [-0.25, -0.2) is 9.48 Å². The molecule has 0 bridgehead atoms. The van der Waals surface area contributed by atoms with Gasteiger partial charge in [0, 0.05) is 12.5 Å². The number of aryl methyl sites for hydroxylation is 1. The molecule has 102 valence electrons. The number of hydrogen-bond acceptors (Lipinski definition) is 3. The molecule has 1 heterocycles. The summed E-state index contributed by atoms with van der Waals surface area (Å²) in [5.41, 5.74) is 10.4. The Morgan fingerprint density at radius 1 is 1.45 bits per heavy atom. The molecule has 0 aliphatic rings. The molecule has 2 aromatic rings. The minimum atomic E-state index is -0.360. The molecule has 0 aliphatic heterocycles. The molecule has 20 heavy (non-hydrogen) atoms. The molecule has 0 radical (unpaired) electrons. The molecular formula is C13H14N6O. The van der Waals surface area contributed by atoms with Crippen molar-refractivity contribution < 1.29 is 4.79 Å². The van der Waals surface area contributed by atoms with E-state index < -0.39 is 0 Å². The molecule has 7 heteroatoms. The second kappa shape index (κ2) is 5.90. The molecule has 7 nitrogen and oxygen atoms in total. The molecule has 1 aromatic heterocycles. The number of anilines is 1. The van der Waals surface area contributed by atoms with Gasteiger partial charge < -0.3 is 0 Å². The molecular weight excluding hydrogens is 256 g/mol. The lowest BCUT2D eigenvalue weighted by molar-refractivity contribution is -0.116. The van der Waals surface area contributed by atoms with E-state index in [2.05, 4.69) is 15.2 Å². The lowest BCUT2D eigenvalue weighted by atomic mass is 10.2. The molecule has 0 N–H and O–H groups in total. The lowest BCUT2D eigenvalue weighted by Gasteiger charge is -2.12. The van der Waals surface area contributed by atoms with Crippen LogP contribution in [0.4, 0.5) is 5.82 Å². The van der Waals surface area contributed by atoms with Gasteiger partial charge in [-0.2, -0.15) is 10.0 Å². The van der Waals surface area contributed by atoms with Gasteiger partial charge in [-0.1, -0.05) is 30.3 Å². The summed E-state index contributed by atoms with van der Waals surface area (Å²) in [5, 5.41) is 8.69. The van der Waals surface area contributed by atoms with Gasteiger partial charge in [0.1, 0.15) is 0 Å². The maximum absolute atomic E-state index is 11.6. The van der Waals surface area contributed by atoms with E-state index in [1.165, 1.54) is 6.92 Å². The summed E-state index contributed by atoms with van der Waals surface area (Å²) < 4.78 is 1.64. The molecule has 0 saturated heterocycles. The summed E-state index contributed by atoms with van der Waals surface area (Å²) >= 11 is 0. The van der Waals surface area contributed by atoms with Crippen LogP contribution < -0.4 is 5.01 Å². The molecule has 0 saturated carbocycles. The minimum absolute atomic E-state index is 0.360. The Labute approximate surface area is 116 Å². The van der Waals surface area contributed by atoms with E-state index >= 15 is 0 Å². The first-order chi connectivity index (χ1) is 9.63. The fourth-order valence-corrected chi connectivity index (χ4v) is 1.92. The third kappa shape index (κ3) is 2.78. The van der Waals surface area contributed by atoms with Crippen LogP contribution in [0, 0.1) is 6.92 Å². The average Bonchev–Trinajstić information content (AvgIpc) is 2.78. The molecule has 0 aliphatic carbocycles. The van der Waals surface area contributed by atoms with Gasteiger partial charge in [0.05, 0.1) is 12.7 Å². The van der Waals surface area contributed by atoms with Crippen molar-refractivity contribution in [1.29, 1.82) is 0 Å². The quantitative estimate of drug-likeness (QED) is 0.370. The zero-order valence-electron chi connectivity index (χ0n) is 11.3. The number of carbonyl (C=O) groups excluding carboxylic acids is 1. The molecule has 1 amide bonds. The number of carbonyl (C=O) groups is 1. The first-order valence-electron chi connectivity index (χ1n) is 6.05. The van der Waals surface area contributed by atoms with Crippen LogP contribution in [0.15, 0.2) is 41.8 Å². The SMILES string of the molecule is CC(=O)N(N=[N+]=[N-])c1c(C)cnn1Cc1ccccc1. The average molecular weight is 270 g/mol. The van der Waals surface area contributed by atoms with Gasteiger partial charge in [-0.15, -0.1) is 10.5 Å². The fourth-order valence-electron chi connectivity index (χ4n) is 1.92. The molecule has 2 rings (SSSR count). The maximum atomic E-state index is 11.6. The summed E-state index contributed by atoms with van der Waals surface area (Å²) in [7, 11) is 0. The maximum Gasteiger partial charge on any atom is 0.316 e. The van der Waals surface area contributed by atoms with Crippen molar-refractivity contribution in [1.82, 2.24) is 9.78 Å². The number of nitrogens with zero attached hydrogens (tertiary/aromatic N) is 6. The Balaban J connectivity index is 2.41. The second-order valence-corrected chi connectivity index (χ2v) is 4.30. The monoisotopic (exact) mass is 270 g/mol. The smallest absolute Gasteiger partial charge is 0.246 e. The van der Waals surface area contributed by atoms with Crippen molar-refractivity contribution in [3.05, 3.63) is 58.1 Å². The normalized spacial score (nSPS) is 9.90. The minimum Gasteiger partial charge on any atom is -0.246 e. The van der Waals surface area contributed by atoms with Crippen LogP contribution in [0.1, 0.15) is 18.1 Å². The van der Waals surface area contributed by atoms with E-state index in [-0.39, 0.29) is 5.91 Å². The number of benzene rings is 1. The number of rotatable bonds is 4. The third-order valence-electron chi connectivity index (χ3n) is 2.79. The molecule has 0 spiro atoms. The Morgan fingerprint density at radius 3 is 2.75 bits per heavy atom. The summed E-state index contributed by atoms with van der Waals surface area (Å²) in [6.45, 7) is 3.65. The van der Waals surface area contributed by atoms with Crippen molar-refractivity contribution in [2.75, 3.05) is 5.01 Å². The van der Waals surface area contributed by atoms with Crippen LogP contribution >= 0.6 is 0 Å². The zero-order valence-corrected chi connectivity index (χ0v) is 11.3. The number of hydrogen-bond donors (Lipinski definition) is 0. The van der Waals surface area contributed by atoms with Crippen LogP contribution in [-0.4, -0.2) is 15.7 Å². The lowest BCUT2D eigenvalue weighted by Crippen LogP contribution is -2.25. The van der Waals surface area contributed by atoms with Crippen LogP contribution in [-0.2, 0) is 11.3 Å². The van der Waals surface area contributed by atoms with Crippen LogP contribution in [0.3, 0.4) is 0 Å². The van der Waals surface area contributed by atoms with E-state index in [9.17, 15) is 4.79 Å². The van der Waals surface area contributed by atoms with Gasteiger partial charge in [0.25, 0.3) is 0 Å². The van der Waals surface area contributed by atoms with E-state index in [0.29, 0.717) is 12.4 Å². The predicted molar refractivity (Wildman–Crippen MR) is 74.8 cm³/mol. The fraction of sp³-hybridized carbons (Fsp3) is 0.231.